The first-order valence-electron chi connectivity index (χ1n) is 6.55. The molecular formula is C15H16N2O4. The molecule has 6 heteroatoms. The minimum Gasteiger partial charge on any atom is -0.493 e. The molecule has 1 heterocycles. The number of carbonyl (C=O) groups is 2. The van der Waals surface area contributed by atoms with Crippen LogP contribution in [0.25, 0.3) is 0 Å². The van der Waals surface area contributed by atoms with Crippen LogP contribution < -0.4 is 14.4 Å². The molecule has 0 fully saturated rings. The summed E-state index contributed by atoms with van der Waals surface area (Å²) in [4.78, 5) is 24.8. The average molecular weight is 288 g/mol. The maximum absolute atomic E-state index is 12.4. The first-order chi connectivity index (χ1) is 10.0. The van der Waals surface area contributed by atoms with Gasteiger partial charge in [-0.25, -0.2) is 0 Å². The zero-order valence-electron chi connectivity index (χ0n) is 12.1. The molecule has 0 saturated heterocycles. The summed E-state index contributed by atoms with van der Waals surface area (Å²) in [7, 11) is 1.46. The third-order valence-corrected chi connectivity index (χ3v) is 3.29. The van der Waals surface area contributed by atoms with Gasteiger partial charge >= 0.3 is 0 Å². The molecule has 0 saturated carbocycles. The number of amides is 1. The highest BCUT2D eigenvalue weighted by molar-refractivity contribution is 6.02. The molecule has 110 valence electrons. The van der Waals surface area contributed by atoms with Crippen molar-refractivity contribution in [3.8, 4) is 17.6 Å². The lowest BCUT2D eigenvalue weighted by molar-refractivity contribution is -0.128. The summed E-state index contributed by atoms with van der Waals surface area (Å²) in [6.07, 6.45) is -0.0198. The van der Waals surface area contributed by atoms with Gasteiger partial charge in [0.1, 0.15) is 12.8 Å². The van der Waals surface area contributed by atoms with Crippen molar-refractivity contribution >= 4 is 17.9 Å². The number of aldehydes is 1. The Kier molecular flexibility index (Phi) is 4.13. The minimum absolute atomic E-state index is 0.0534. The van der Waals surface area contributed by atoms with Crippen molar-refractivity contribution in [2.75, 3.05) is 18.6 Å². The molecule has 0 radical (unpaired) electrons. The van der Waals surface area contributed by atoms with Crippen molar-refractivity contribution < 1.29 is 19.1 Å². The van der Waals surface area contributed by atoms with Crippen LogP contribution in [0.4, 0.5) is 5.69 Å². The second kappa shape index (κ2) is 5.83. The zero-order valence-corrected chi connectivity index (χ0v) is 12.1. The second-order valence-corrected chi connectivity index (χ2v) is 5.05. The Hall–Kier alpha value is -2.55. The van der Waals surface area contributed by atoms with E-state index in [0.717, 1.165) is 0 Å². The van der Waals surface area contributed by atoms with Gasteiger partial charge in [-0.1, -0.05) is 13.8 Å². The minimum atomic E-state index is -0.679. The predicted octanol–water partition coefficient (Wildman–Crippen LogP) is 1.78. The Morgan fingerprint density at radius 3 is 2.76 bits per heavy atom. The number of hydrogen-bond donors (Lipinski definition) is 0. The highest BCUT2D eigenvalue weighted by Gasteiger charge is 2.38. The van der Waals surface area contributed by atoms with Crippen LogP contribution in [0.5, 0.6) is 11.5 Å². The maximum atomic E-state index is 12.4. The summed E-state index contributed by atoms with van der Waals surface area (Å²) in [5.74, 6) is 0.416. The number of hydrogen-bond acceptors (Lipinski definition) is 5. The molecule has 0 N–H and O–H groups in total. The summed E-state index contributed by atoms with van der Waals surface area (Å²) in [6, 6.07) is 5.03. The van der Waals surface area contributed by atoms with Crippen LogP contribution >= 0.6 is 0 Å². The van der Waals surface area contributed by atoms with Gasteiger partial charge in [0.2, 0.25) is 0 Å². The van der Waals surface area contributed by atoms with Crippen molar-refractivity contribution in [3.63, 3.8) is 0 Å². The van der Waals surface area contributed by atoms with Crippen LogP contribution in [0, 0.1) is 17.2 Å². The Morgan fingerprint density at radius 1 is 1.52 bits per heavy atom. The molecule has 0 aliphatic carbocycles. The molecule has 1 amide bonds. The molecule has 1 unspecified atom stereocenters. The SMILES string of the molecule is COc1cc(C=O)cc2c1OC(C(C)C)C(=O)N2CC#N. The molecule has 1 atom stereocenters. The Balaban J connectivity index is 2.63. The number of fused-ring (bicyclic) bond motifs is 1. The summed E-state index contributed by atoms with van der Waals surface area (Å²) in [6.45, 7) is 3.62. The second-order valence-electron chi connectivity index (χ2n) is 5.05. The van der Waals surface area contributed by atoms with Gasteiger partial charge in [0.05, 0.1) is 18.9 Å². The molecule has 1 aliphatic rings. The van der Waals surface area contributed by atoms with Gasteiger partial charge in [0.15, 0.2) is 17.6 Å². The van der Waals surface area contributed by atoms with Gasteiger partial charge in [-0.05, 0) is 18.1 Å². The molecular weight excluding hydrogens is 272 g/mol. The van der Waals surface area contributed by atoms with Gasteiger partial charge in [0.25, 0.3) is 5.91 Å². The first-order valence-corrected chi connectivity index (χ1v) is 6.55. The number of nitrogens with zero attached hydrogens (tertiary/aromatic N) is 2. The number of rotatable bonds is 4. The molecule has 1 aromatic rings. The van der Waals surface area contributed by atoms with Crippen LogP contribution in [-0.2, 0) is 4.79 Å². The highest BCUT2D eigenvalue weighted by atomic mass is 16.5. The predicted molar refractivity (Wildman–Crippen MR) is 75.6 cm³/mol. The van der Waals surface area contributed by atoms with Crippen molar-refractivity contribution in [3.05, 3.63) is 17.7 Å². The van der Waals surface area contributed by atoms with E-state index < -0.39 is 6.10 Å². The van der Waals surface area contributed by atoms with Crippen molar-refractivity contribution in [1.29, 1.82) is 5.26 Å². The van der Waals surface area contributed by atoms with E-state index in [4.69, 9.17) is 14.7 Å². The normalized spacial score (nSPS) is 17.0. The van der Waals surface area contributed by atoms with Crippen LogP contribution in [0.3, 0.4) is 0 Å². The maximum Gasteiger partial charge on any atom is 0.269 e. The van der Waals surface area contributed by atoms with Crippen LogP contribution in [-0.4, -0.2) is 32.0 Å². The smallest absolute Gasteiger partial charge is 0.269 e. The molecule has 0 bridgehead atoms. The fourth-order valence-corrected chi connectivity index (χ4v) is 2.25. The fourth-order valence-electron chi connectivity index (χ4n) is 2.25. The topological polar surface area (TPSA) is 79.6 Å². The lowest BCUT2D eigenvalue weighted by Gasteiger charge is -2.35. The standard InChI is InChI=1S/C15H16N2O4/c1-9(2)13-15(19)17(5-4-16)11-6-10(8-18)7-12(20-3)14(11)21-13/h6-9,13H,5H2,1-3H3. The molecule has 2 rings (SSSR count). The first kappa shape index (κ1) is 14.9. The van der Waals surface area contributed by atoms with Crippen LogP contribution in [0.15, 0.2) is 12.1 Å². The summed E-state index contributed by atoms with van der Waals surface area (Å²) >= 11 is 0. The van der Waals surface area contributed by atoms with Gasteiger partial charge in [0, 0.05) is 5.56 Å². The number of anilines is 1. The third kappa shape index (κ3) is 2.55. The number of benzene rings is 1. The highest BCUT2D eigenvalue weighted by Crippen LogP contribution is 2.43. The lowest BCUT2D eigenvalue weighted by Crippen LogP contribution is -2.48. The van der Waals surface area contributed by atoms with E-state index in [1.807, 2.05) is 19.9 Å². The number of ether oxygens (including phenoxy) is 2. The molecule has 0 spiro atoms. The Bertz CT molecular complexity index is 619. The van der Waals surface area contributed by atoms with E-state index in [0.29, 0.717) is 29.0 Å². The van der Waals surface area contributed by atoms with E-state index in [1.54, 1.807) is 6.07 Å². The molecule has 21 heavy (non-hydrogen) atoms. The zero-order chi connectivity index (χ0) is 15.6. The Morgan fingerprint density at radius 2 is 2.24 bits per heavy atom. The molecule has 6 nitrogen and oxygen atoms in total. The molecule has 1 aromatic carbocycles. The molecule has 0 aromatic heterocycles. The van der Waals surface area contributed by atoms with Crippen LogP contribution in [0.1, 0.15) is 24.2 Å². The number of methoxy groups -OCH3 is 1. The molecule has 1 aliphatic heterocycles. The fraction of sp³-hybridized carbons (Fsp3) is 0.400. The quantitative estimate of drug-likeness (QED) is 0.623. The van der Waals surface area contributed by atoms with Crippen LogP contribution in [0.2, 0.25) is 0 Å². The van der Waals surface area contributed by atoms with E-state index >= 15 is 0 Å². The van der Waals surface area contributed by atoms with Crippen molar-refractivity contribution in [1.82, 2.24) is 0 Å². The summed E-state index contributed by atoms with van der Waals surface area (Å²) in [5, 5.41) is 8.95. The van der Waals surface area contributed by atoms with Crippen molar-refractivity contribution in [2.24, 2.45) is 5.92 Å². The van der Waals surface area contributed by atoms with Gasteiger partial charge < -0.3 is 9.47 Å². The van der Waals surface area contributed by atoms with Gasteiger partial charge in [-0.15, -0.1) is 0 Å². The number of nitriles is 1. The number of carbonyl (C=O) groups excluding carboxylic acids is 2. The van der Waals surface area contributed by atoms with Gasteiger partial charge in [-0.2, -0.15) is 5.26 Å². The van der Waals surface area contributed by atoms with Crippen molar-refractivity contribution in [2.45, 2.75) is 20.0 Å². The van der Waals surface area contributed by atoms with E-state index in [2.05, 4.69) is 0 Å². The average Bonchev–Trinajstić information content (AvgIpc) is 2.48. The lowest BCUT2D eigenvalue weighted by atomic mass is 10.0. The van der Waals surface area contributed by atoms with E-state index in [9.17, 15) is 9.59 Å². The third-order valence-electron chi connectivity index (χ3n) is 3.29. The largest absolute Gasteiger partial charge is 0.493 e. The van der Waals surface area contributed by atoms with E-state index in [-0.39, 0.29) is 18.4 Å². The van der Waals surface area contributed by atoms with Gasteiger partial charge in [-0.3, -0.25) is 14.5 Å². The Labute approximate surface area is 122 Å². The summed E-state index contributed by atoms with van der Waals surface area (Å²) < 4.78 is 11.0. The van der Waals surface area contributed by atoms with E-state index in [1.165, 1.54) is 18.1 Å². The monoisotopic (exact) mass is 288 g/mol. The summed E-state index contributed by atoms with van der Waals surface area (Å²) in [5.41, 5.74) is 0.743.